The van der Waals surface area contributed by atoms with Crippen LogP contribution in [0.4, 0.5) is 0 Å². The fourth-order valence-electron chi connectivity index (χ4n) is 0.875. The molecule has 0 amide bonds. The first-order chi connectivity index (χ1) is 6.70. The number of amidine groups is 2. The Morgan fingerprint density at radius 3 is 2.64 bits per heavy atom. The summed E-state index contributed by atoms with van der Waals surface area (Å²) >= 11 is 6.16. The van der Waals surface area contributed by atoms with Crippen LogP contribution in [0, 0.1) is 0 Å². The summed E-state index contributed by atoms with van der Waals surface area (Å²) < 4.78 is 0.789. The minimum Gasteiger partial charge on any atom is -0.497 e. The normalized spacial score (nSPS) is 15.1. The summed E-state index contributed by atoms with van der Waals surface area (Å²) in [4.78, 5) is 14.7. The van der Waals surface area contributed by atoms with Crippen molar-refractivity contribution >= 4 is 48.2 Å². The molecule has 0 saturated heterocycles. The third-order valence-electron chi connectivity index (χ3n) is 1.38. The number of hydrogen-bond acceptors (Lipinski definition) is 3. The molecule has 1 aromatic heterocycles. The van der Waals surface area contributed by atoms with E-state index in [1.54, 1.807) is 0 Å². The number of aromatic amines is 1. The molecular formula is C5HBr2N7. The first kappa shape index (κ1) is 9.38. The molecule has 0 fully saturated rings. The molecule has 2 heterocycles. The first-order valence-corrected chi connectivity index (χ1v) is 4.93. The van der Waals surface area contributed by atoms with Gasteiger partial charge in [-0.15, -0.1) is 0 Å². The van der Waals surface area contributed by atoms with Gasteiger partial charge in [0.1, 0.15) is 0 Å². The summed E-state index contributed by atoms with van der Waals surface area (Å²) in [5, 5.41) is 6.41. The molecule has 0 unspecified atom stereocenters. The lowest BCUT2D eigenvalue weighted by molar-refractivity contribution is -0.00275. The molecule has 0 spiro atoms. The number of rotatable bonds is 1. The summed E-state index contributed by atoms with van der Waals surface area (Å²) in [6.45, 7) is 0. The van der Waals surface area contributed by atoms with Crippen LogP contribution < -0.4 is 0 Å². The van der Waals surface area contributed by atoms with Crippen LogP contribution in [0.5, 0.6) is 0 Å². The van der Waals surface area contributed by atoms with E-state index >= 15 is 0 Å². The number of nitrogens with zero attached hydrogens (tertiary/aromatic N) is 6. The number of hydrogen-bond donors (Lipinski definition) is 1. The lowest BCUT2D eigenvalue weighted by atomic mass is 10.3. The van der Waals surface area contributed by atoms with Crippen LogP contribution in [0.15, 0.2) is 14.7 Å². The molecule has 7 nitrogen and oxygen atoms in total. The van der Waals surface area contributed by atoms with E-state index in [4.69, 9.17) is 5.53 Å². The van der Waals surface area contributed by atoms with Crippen LogP contribution in [-0.4, -0.2) is 36.3 Å². The SMILES string of the molecule is [N-]=[N+]=C1N=C(Br)N=C1c1n[nH]c(Br)n1. The first-order valence-electron chi connectivity index (χ1n) is 3.34. The standard InChI is InChI=1S/C5HBr2N7/c6-4-9-1(2(10-4)12-8)3-11-5(7)14-13-3/h(H,11,13,14). The van der Waals surface area contributed by atoms with E-state index in [1.165, 1.54) is 0 Å². The minimum atomic E-state index is 0.0726. The van der Waals surface area contributed by atoms with Crippen molar-refractivity contribution in [3.05, 3.63) is 16.1 Å². The minimum absolute atomic E-state index is 0.0726. The van der Waals surface area contributed by atoms with E-state index in [0.29, 0.717) is 21.0 Å². The Morgan fingerprint density at radius 1 is 1.29 bits per heavy atom. The largest absolute Gasteiger partial charge is 0.497 e. The van der Waals surface area contributed by atoms with Crippen molar-refractivity contribution in [2.45, 2.75) is 0 Å². The van der Waals surface area contributed by atoms with Gasteiger partial charge < -0.3 is 10.3 Å². The van der Waals surface area contributed by atoms with Gasteiger partial charge >= 0.3 is 10.6 Å². The quantitative estimate of drug-likeness (QED) is 0.469. The van der Waals surface area contributed by atoms with E-state index in [2.05, 4.69) is 61.8 Å². The fourth-order valence-corrected chi connectivity index (χ4v) is 1.48. The zero-order valence-electron chi connectivity index (χ0n) is 6.44. The number of nitrogens with one attached hydrogen (secondary N) is 1. The Balaban J connectivity index is 2.48. The van der Waals surface area contributed by atoms with Gasteiger partial charge in [0, 0.05) is 20.9 Å². The number of H-pyrrole nitrogens is 1. The van der Waals surface area contributed by atoms with Crippen LogP contribution in [0.25, 0.3) is 5.53 Å². The Hall–Kier alpha value is -1.18. The Kier molecular flexibility index (Phi) is 2.36. The zero-order valence-corrected chi connectivity index (χ0v) is 9.61. The highest BCUT2D eigenvalue weighted by Crippen LogP contribution is 2.09. The van der Waals surface area contributed by atoms with Crippen molar-refractivity contribution in [3.8, 4) is 0 Å². The van der Waals surface area contributed by atoms with Crippen molar-refractivity contribution in [2.24, 2.45) is 9.98 Å². The molecule has 1 aliphatic rings. The molecule has 0 aromatic carbocycles. The van der Waals surface area contributed by atoms with Crippen molar-refractivity contribution < 1.29 is 4.79 Å². The molecule has 1 N–H and O–H groups in total. The average Bonchev–Trinajstić information content (AvgIpc) is 2.71. The lowest BCUT2D eigenvalue weighted by Gasteiger charge is -1.83. The topological polar surface area (TPSA) is 103 Å². The van der Waals surface area contributed by atoms with Gasteiger partial charge in [0.25, 0.3) is 0 Å². The van der Waals surface area contributed by atoms with Crippen LogP contribution in [-0.2, 0) is 0 Å². The molecule has 1 aliphatic heterocycles. The van der Waals surface area contributed by atoms with Gasteiger partial charge in [-0.1, -0.05) is 0 Å². The van der Waals surface area contributed by atoms with Crippen molar-refractivity contribution in [1.82, 2.24) is 15.2 Å². The Morgan fingerprint density at radius 2 is 2.07 bits per heavy atom. The van der Waals surface area contributed by atoms with Crippen LogP contribution in [0.3, 0.4) is 0 Å². The van der Waals surface area contributed by atoms with Gasteiger partial charge in [0.15, 0.2) is 4.73 Å². The highest BCUT2D eigenvalue weighted by molar-refractivity contribution is 9.18. The molecule has 9 heteroatoms. The van der Waals surface area contributed by atoms with E-state index in [-0.39, 0.29) is 5.84 Å². The second-order valence-corrected chi connectivity index (χ2v) is 3.68. The summed E-state index contributed by atoms with van der Waals surface area (Å²) in [6, 6.07) is 0. The molecule has 0 atom stereocenters. The van der Waals surface area contributed by atoms with Gasteiger partial charge in [-0.05, 0) is 15.9 Å². The summed E-state index contributed by atoms with van der Waals surface area (Å²) in [5.74, 6) is 0.381. The Labute approximate surface area is 94.2 Å². The highest BCUT2D eigenvalue weighted by Gasteiger charge is 2.31. The number of aliphatic imine (C=N–C) groups is 2. The van der Waals surface area contributed by atoms with Gasteiger partial charge in [0.2, 0.25) is 11.5 Å². The average molecular weight is 319 g/mol. The molecule has 0 aliphatic carbocycles. The van der Waals surface area contributed by atoms with Gasteiger partial charge in [-0.25, -0.2) is 0 Å². The molecule has 1 aromatic rings. The number of aromatic nitrogens is 3. The van der Waals surface area contributed by atoms with E-state index in [0.717, 1.165) is 0 Å². The van der Waals surface area contributed by atoms with E-state index < -0.39 is 0 Å². The maximum atomic E-state index is 8.62. The van der Waals surface area contributed by atoms with Gasteiger partial charge in [0.05, 0.1) is 0 Å². The van der Waals surface area contributed by atoms with E-state index in [1.807, 2.05) is 0 Å². The van der Waals surface area contributed by atoms with E-state index in [9.17, 15) is 0 Å². The van der Waals surface area contributed by atoms with Crippen LogP contribution in [0.2, 0.25) is 0 Å². The highest BCUT2D eigenvalue weighted by atomic mass is 79.9. The number of halogens is 2. The monoisotopic (exact) mass is 317 g/mol. The van der Waals surface area contributed by atoms with Crippen molar-refractivity contribution in [3.63, 3.8) is 0 Å². The molecule has 0 radical (unpaired) electrons. The van der Waals surface area contributed by atoms with Crippen molar-refractivity contribution in [2.75, 3.05) is 0 Å². The van der Waals surface area contributed by atoms with Gasteiger partial charge in [-0.2, -0.15) is 15.1 Å². The smallest absolute Gasteiger partial charge is 0.433 e. The maximum Gasteiger partial charge on any atom is 0.433 e. The predicted molar refractivity (Wildman–Crippen MR) is 55.6 cm³/mol. The predicted octanol–water partition coefficient (Wildman–Crippen LogP) is 0.749. The third kappa shape index (κ3) is 1.57. The molecule has 70 valence electrons. The molecule has 0 bridgehead atoms. The summed E-state index contributed by atoms with van der Waals surface area (Å²) in [7, 11) is 0. The molecule has 2 rings (SSSR count). The molecule has 0 saturated carbocycles. The second-order valence-electron chi connectivity index (χ2n) is 2.21. The Bertz CT molecular complexity index is 492. The molecule has 14 heavy (non-hydrogen) atoms. The summed E-state index contributed by atoms with van der Waals surface area (Å²) in [6.07, 6.45) is 0. The zero-order chi connectivity index (χ0) is 10.1. The summed E-state index contributed by atoms with van der Waals surface area (Å²) in [5.41, 5.74) is 8.93. The second kappa shape index (κ2) is 3.52. The van der Waals surface area contributed by atoms with Crippen LogP contribution >= 0.6 is 31.9 Å². The maximum absolute atomic E-state index is 8.62. The molecular weight excluding hydrogens is 318 g/mol. The van der Waals surface area contributed by atoms with Gasteiger partial charge in [-0.3, -0.25) is 5.10 Å². The van der Waals surface area contributed by atoms with Crippen molar-refractivity contribution in [1.29, 1.82) is 0 Å². The third-order valence-corrected chi connectivity index (χ3v) is 2.09. The lowest BCUT2D eigenvalue weighted by Crippen LogP contribution is -2.12. The van der Waals surface area contributed by atoms with Crippen LogP contribution in [0.1, 0.15) is 5.82 Å². The fraction of sp³-hybridized carbons (Fsp3) is 0.